The van der Waals surface area contributed by atoms with Gasteiger partial charge in [-0.1, -0.05) is 183 Å². The lowest BCUT2D eigenvalue weighted by atomic mass is 9.91. The molecule has 262 valence electrons. The number of nitrogens with zero attached hydrogens (tertiary/aromatic N) is 1. The third kappa shape index (κ3) is 8.28. The Kier molecular flexibility index (Phi) is 10.4. The first-order chi connectivity index (χ1) is 27.1. The molecular formula is C54H41N. The highest BCUT2D eigenvalue weighted by Gasteiger charge is 2.13. The van der Waals surface area contributed by atoms with Gasteiger partial charge in [0.1, 0.15) is 0 Å². The van der Waals surface area contributed by atoms with E-state index in [-0.39, 0.29) is 0 Å². The highest BCUT2D eigenvalue weighted by molar-refractivity contribution is 5.85. The summed E-state index contributed by atoms with van der Waals surface area (Å²) in [6, 6.07) is 70.9. The zero-order valence-corrected chi connectivity index (χ0v) is 30.9. The summed E-state index contributed by atoms with van der Waals surface area (Å²) in [5.41, 5.74) is 17.9. The molecule has 7 aromatic carbocycles. The first-order valence-corrected chi connectivity index (χ1v) is 18.7. The van der Waals surface area contributed by atoms with Crippen molar-refractivity contribution in [3.05, 3.63) is 236 Å². The van der Waals surface area contributed by atoms with Gasteiger partial charge in [-0.25, -0.2) is 4.98 Å². The van der Waals surface area contributed by atoms with Gasteiger partial charge in [0, 0.05) is 11.1 Å². The molecule has 0 radical (unpaired) electrons. The Morgan fingerprint density at radius 2 is 0.764 bits per heavy atom. The summed E-state index contributed by atoms with van der Waals surface area (Å²) in [5, 5.41) is 0. The number of allylic oxidation sites excluding steroid dienone is 5. The third-order valence-electron chi connectivity index (χ3n) is 9.97. The fourth-order valence-electron chi connectivity index (χ4n) is 6.94. The topological polar surface area (TPSA) is 12.9 Å². The van der Waals surface area contributed by atoms with Gasteiger partial charge in [0.15, 0.2) is 0 Å². The molecule has 1 heterocycles. The van der Waals surface area contributed by atoms with E-state index in [1.807, 2.05) is 30.3 Å². The van der Waals surface area contributed by atoms with Crippen LogP contribution in [0.4, 0.5) is 0 Å². The van der Waals surface area contributed by atoms with Crippen molar-refractivity contribution in [2.45, 2.75) is 6.92 Å². The lowest BCUT2D eigenvalue weighted by Crippen LogP contribution is -1.92. The monoisotopic (exact) mass is 703 g/mol. The number of hydrogen-bond donors (Lipinski definition) is 0. The molecule has 0 amide bonds. The van der Waals surface area contributed by atoms with Crippen LogP contribution >= 0.6 is 0 Å². The molecule has 0 aliphatic rings. The molecule has 55 heavy (non-hydrogen) atoms. The van der Waals surface area contributed by atoms with E-state index < -0.39 is 0 Å². The minimum absolute atomic E-state index is 0.950. The Hall–Kier alpha value is -7.09. The van der Waals surface area contributed by atoms with E-state index in [0.29, 0.717) is 0 Å². The lowest BCUT2D eigenvalue weighted by molar-refractivity contribution is 1.32. The smallest absolute Gasteiger partial charge is 0.0715 e. The first kappa shape index (κ1) is 35.0. The van der Waals surface area contributed by atoms with Crippen molar-refractivity contribution in [3.63, 3.8) is 0 Å². The maximum atomic E-state index is 5.15. The van der Waals surface area contributed by atoms with Crippen LogP contribution in [0.2, 0.25) is 0 Å². The van der Waals surface area contributed by atoms with Crippen LogP contribution in [0.5, 0.6) is 0 Å². The Morgan fingerprint density at radius 3 is 1.35 bits per heavy atom. The predicted molar refractivity (Wildman–Crippen MR) is 235 cm³/mol. The quantitative estimate of drug-likeness (QED) is 0.129. The van der Waals surface area contributed by atoms with E-state index >= 15 is 0 Å². The van der Waals surface area contributed by atoms with E-state index in [4.69, 9.17) is 4.98 Å². The van der Waals surface area contributed by atoms with Gasteiger partial charge in [0.2, 0.25) is 0 Å². The fraction of sp³-hybridized carbons (Fsp3) is 0.0185. The second kappa shape index (κ2) is 16.3. The minimum Gasteiger partial charge on any atom is -0.248 e. The van der Waals surface area contributed by atoms with Gasteiger partial charge in [-0.3, -0.25) is 0 Å². The van der Waals surface area contributed by atoms with E-state index in [1.54, 1.807) is 0 Å². The fourth-order valence-corrected chi connectivity index (χ4v) is 6.94. The van der Waals surface area contributed by atoms with Crippen LogP contribution in [0.3, 0.4) is 0 Å². The molecule has 1 nitrogen and oxygen atoms in total. The van der Waals surface area contributed by atoms with Crippen LogP contribution in [0, 0.1) is 0 Å². The van der Waals surface area contributed by atoms with E-state index in [2.05, 4.69) is 202 Å². The molecule has 0 spiro atoms. The molecule has 0 bridgehead atoms. The van der Waals surface area contributed by atoms with Crippen molar-refractivity contribution in [3.8, 4) is 67.0 Å². The number of hydrogen-bond acceptors (Lipinski definition) is 1. The van der Waals surface area contributed by atoms with Gasteiger partial charge in [0.05, 0.1) is 11.4 Å². The summed E-state index contributed by atoms with van der Waals surface area (Å²) in [5.74, 6) is 0. The number of aromatic nitrogens is 1. The summed E-state index contributed by atoms with van der Waals surface area (Å²) < 4.78 is 0. The summed E-state index contributed by atoms with van der Waals surface area (Å²) in [6.45, 7) is 6.40. The van der Waals surface area contributed by atoms with Gasteiger partial charge in [-0.05, 0) is 116 Å². The van der Waals surface area contributed by atoms with Crippen molar-refractivity contribution in [1.29, 1.82) is 0 Å². The van der Waals surface area contributed by atoms with E-state index in [1.165, 1.54) is 33.4 Å². The van der Waals surface area contributed by atoms with Gasteiger partial charge < -0.3 is 0 Å². The zero-order valence-electron chi connectivity index (χ0n) is 30.9. The molecular weight excluding hydrogens is 663 g/mol. The maximum absolute atomic E-state index is 5.15. The van der Waals surface area contributed by atoms with Gasteiger partial charge >= 0.3 is 0 Å². The van der Waals surface area contributed by atoms with Crippen LogP contribution in [0.15, 0.2) is 225 Å². The van der Waals surface area contributed by atoms with Gasteiger partial charge in [-0.2, -0.15) is 0 Å². The van der Waals surface area contributed by atoms with Crippen LogP contribution in [0.25, 0.3) is 78.2 Å². The SMILES string of the molecule is C=C(/C=C\C=C(/C)c1cccc(-c2cccc(-c3cc(-c4ccccc4)cc(-c4cc(-c5ccccc5)nc(-c5ccccc5)c4)c3)c2)c1)c1ccccc1. The molecule has 1 aromatic heterocycles. The molecule has 0 saturated carbocycles. The zero-order chi connectivity index (χ0) is 37.4. The highest BCUT2D eigenvalue weighted by atomic mass is 14.7. The molecule has 0 unspecified atom stereocenters. The van der Waals surface area contributed by atoms with Crippen LogP contribution < -0.4 is 0 Å². The maximum Gasteiger partial charge on any atom is 0.0715 e. The van der Waals surface area contributed by atoms with Crippen molar-refractivity contribution in [2.75, 3.05) is 0 Å². The summed E-state index contributed by atoms with van der Waals surface area (Å²) in [4.78, 5) is 5.15. The van der Waals surface area contributed by atoms with Crippen molar-refractivity contribution < 1.29 is 0 Å². The van der Waals surface area contributed by atoms with Crippen molar-refractivity contribution >= 4 is 11.1 Å². The number of rotatable bonds is 10. The average molecular weight is 704 g/mol. The Bertz CT molecular complexity index is 2580. The molecule has 0 saturated heterocycles. The summed E-state index contributed by atoms with van der Waals surface area (Å²) in [7, 11) is 0. The van der Waals surface area contributed by atoms with Crippen LogP contribution in [-0.4, -0.2) is 4.98 Å². The molecule has 0 N–H and O–H groups in total. The van der Waals surface area contributed by atoms with Crippen LogP contribution in [0.1, 0.15) is 18.1 Å². The molecule has 0 aliphatic carbocycles. The highest BCUT2D eigenvalue weighted by Crippen LogP contribution is 2.37. The second-order valence-corrected chi connectivity index (χ2v) is 13.8. The molecule has 8 rings (SSSR count). The van der Waals surface area contributed by atoms with Gasteiger partial charge in [0.25, 0.3) is 0 Å². The standard InChI is InChI=1S/C54H41N/c1-39(41-20-7-3-8-21-41)18-15-19-40(2)45-28-16-29-46(32-45)47-30-17-31-48(33-47)50-34-49(42-22-9-4-10-23-42)35-51(36-50)52-37-53(43-24-11-5-12-25-43)55-54(38-52)44-26-13-6-14-27-44/h3-38H,1H2,2H3/b18-15-,40-19+. The normalized spacial score (nSPS) is 11.5. The predicted octanol–water partition coefficient (Wildman–Crippen LogP) is 14.8. The van der Waals surface area contributed by atoms with Crippen molar-refractivity contribution in [1.82, 2.24) is 4.98 Å². The lowest BCUT2D eigenvalue weighted by Gasteiger charge is -2.15. The Morgan fingerprint density at radius 1 is 0.382 bits per heavy atom. The van der Waals surface area contributed by atoms with Crippen molar-refractivity contribution in [2.24, 2.45) is 0 Å². The largest absolute Gasteiger partial charge is 0.248 e. The molecule has 0 aliphatic heterocycles. The van der Waals surface area contributed by atoms with Gasteiger partial charge in [-0.15, -0.1) is 0 Å². The molecule has 0 atom stereocenters. The molecule has 8 aromatic rings. The Balaban J connectivity index is 1.18. The second-order valence-electron chi connectivity index (χ2n) is 13.8. The van der Waals surface area contributed by atoms with E-state index in [9.17, 15) is 0 Å². The summed E-state index contributed by atoms with van der Waals surface area (Å²) in [6.07, 6.45) is 6.32. The number of pyridine rings is 1. The summed E-state index contributed by atoms with van der Waals surface area (Å²) >= 11 is 0. The van der Waals surface area contributed by atoms with Crippen LogP contribution in [-0.2, 0) is 0 Å². The molecule has 1 heteroatoms. The first-order valence-electron chi connectivity index (χ1n) is 18.7. The number of benzene rings is 7. The van der Waals surface area contributed by atoms with E-state index in [0.717, 1.165) is 55.9 Å². The third-order valence-corrected chi connectivity index (χ3v) is 9.97. The molecule has 0 fully saturated rings. The Labute approximate surface area is 325 Å². The minimum atomic E-state index is 0.950. The average Bonchev–Trinajstić information content (AvgIpc) is 3.27.